The van der Waals surface area contributed by atoms with E-state index in [0.717, 1.165) is 31.3 Å². The van der Waals surface area contributed by atoms with Crippen molar-refractivity contribution < 1.29 is 4.74 Å². The van der Waals surface area contributed by atoms with Crippen LogP contribution in [0.3, 0.4) is 0 Å². The summed E-state index contributed by atoms with van der Waals surface area (Å²) in [5.74, 6) is 1.16. The zero-order valence-electron chi connectivity index (χ0n) is 13.9. The first-order valence-corrected chi connectivity index (χ1v) is 9.51. The van der Waals surface area contributed by atoms with Gasteiger partial charge in [0.15, 0.2) is 0 Å². The van der Waals surface area contributed by atoms with Crippen molar-refractivity contribution in [3.63, 3.8) is 0 Å². The lowest BCUT2D eigenvalue weighted by Crippen LogP contribution is -2.65. The standard InChI is InChI=1S/C18H27ClN4O/c19-13-5-3-12(4-6-13)17-16-11-20-8-7-15(16)18(23-22-17)21-10-14-2-1-9-24-14/h3-6,14-18,20-23H,1-2,7-11H2. The molecule has 5 unspecified atom stereocenters. The van der Waals surface area contributed by atoms with Crippen molar-refractivity contribution in [3.05, 3.63) is 34.9 Å². The zero-order valence-corrected chi connectivity index (χ0v) is 14.7. The highest BCUT2D eigenvalue weighted by atomic mass is 35.5. The zero-order chi connectivity index (χ0) is 16.4. The van der Waals surface area contributed by atoms with Gasteiger partial charge in [0.2, 0.25) is 0 Å². The van der Waals surface area contributed by atoms with Gasteiger partial charge in [-0.1, -0.05) is 23.7 Å². The summed E-state index contributed by atoms with van der Waals surface area (Å²) in [6, 6.07) is 8.53. The van der Waals surface area contributed by atoms with Crippen LogP contribution in [0, 0.1) is 11.8 Å². The fourth-order valence-electron chi connectivity index (χ4n) is 4.34. The minimum atomic E-state index is 0.296. The van der Waals surface area contributed by atoms with E-state index in [9.17, 15) is 0 Å². The molecule has 132 valence electrons. The smallest absolute Gasteiger partial charge is 0.0738 e. The lowest BCUT2D eigenvalue weighted by atomic mass is 9.76. The number of nitrogens with one attached hydrogen (secondary N) is 4. The second-order valence-corrected chi connectivity index (χ2v) is 7.60. The third kappa shape index (κ3) is 3.62. The van der Waals surface area contributed by atoms with Gasteiger partial charge in [0, 0.05) is 24.7 Å². The fraction of sp³-hybridized carbons (Fsp3) is 0.667. The second-order valence-electron chi connectivity index (χ2n) is 7.16. The van der Waals surface area contributed by atoms with E-state index in [0.29, 0.717) is 30.1 Å². The Morgan fingerprint density at radius 3 is 2.79 bits per heavy atom. The molecule has 6 heteroatoms. The molecule has 3 aliphatic rings. The minimum absolute atomic E-state index is 0.296. The van der Waals surface area contributed by atoms with E-state index >= 15 is 0 Å². The monoisotopic (exact) mass is 350 g/mol. The maximum absolute atomic E-state index is 6.04. The molecule has 3 fully saturated rings. The Morgan fingerprint density at radius 1 is 1.12 bits per heavy atom. The number of rotatable bonds is 4. The lowest BCUT2D eigenvalue weighted by molar-refractivity contribution is 0.0508. The summed E-state index contributed by atoms with van der Waals surface area (Å²) in [5, 5.41) is 8.05. The Morgan fingerprint density at radius 2 is 2.00 bits per heavy atom. The number of halogens is 1. The average Bonchev–Trinajstić information content (AvgIpc) is 3.14. The molecule has 24 heavy (non-hydrogen) atoms. The number of hydrazine groups is 1. The molecule has 0 radical (unpaired) electrons. The van der Waals surface area contributed by atoms with Crippen LogP contribution < -0.4 is 21.5 Å². The van der Waals surface area contributed by atoms with Crippen molar-refractivity contribution in [1.82, 2.24) is 21.5 Å². The Bertz CT molecular complexity index is 534. The van der Waals surface area contributed by atoms with Crippen molar-refractivity contribution in [2.45, 2.75) is 37.6 Å². The summed E-state index contributed by atoms with van der Waals surface area (Å²) in [6.07, 6.45) is 4.23. The van der Waals surface area contributed by atoms with Crippen LogP contribution in [0.25, 0.3) is 0 Å². The molecule has 4 rings (SSSR count). The van der Waals surface area contributed by atoms with Crippen LogP contribution in [0.4, 0.5) is 0 Å². The molecular formula is C18H27ClN4O. The third-order valence-corrected chi connectivity index (χ3v) is 5.91. The van der Waals surface area contributed by atoms with Gasteiger partial charge in [0.1, 0.15) is 0 Å². The van der Waals surface area contributed by atoms with Gasteiger partial charge in [-0.15, -0.1) is 0 Å². The van der Waals surface area contributed by atoms with Gasteiger partial charge in [-0.3, -0.25) is 5.32 Å². The summed E-state index contributed by atoms with van der Waals surface area (Å²) in [4.78, 5) is 0. The summed E-state index contributed by atoms with van der Waals surface area (Å²) >= 11 is 6.04. The van der Waals surface area contributed by atoms with Gasteiger partial charge in [0.25, 0.3) is 0 Å². The first-order valence-electron chi connectivity index (χ1n) is 9.13. The van der Waals surface area contributed by atoms with Gasteiger partial charge >= 0.3 is 0 Å². The van der Waals surface area contributed by atoms with Crippen LogP contribution in [-0.4, -0.2) is 38.5 Å². The molecule has 0 spiro atoms. The molecule has 1 aromatic carbocycles. The minimum Gasteiger partial charge on any atom is -0.377 e. The first-order chi connectivity index (χ1) is 11.8. The Hall–Kier alpha value is -0.690. The highest BCUT2D eigenvalue weighted by Crippen LogP contribution is 2.36. The van der Waals surface area contributed by atoms with Crippen molar-refractivity contribution in [3.8, 4) is 0 Å². The van der Waals surface area contributed by atoms with Crippen LogP contribution in [0.5, 0.6) is 0 Å². The topological polar surface area (TPSA) is 57.3 Å². The largest absolute Gasteiger partial charge is 0.377 e. The van der Waals surface area contributed by atoms with E-state index < -0.39 is 0 Å². The molecule has 3 aliphatic heterocycles. The van der Waals surface area contributed by atoms with Crippen LogP contribution in [0.15, 0.2) is 24.3 Å². The van der Waals surface area contributed by atoms with Crippen molar-refractivity contribution in [2.75, 3.05) is 26.2 Å². The highest BCUT2D eigenvalue weighted by Gasteiger charge is 2.41. The molecule has 5 atom stereocenters. The Kier molecular flexibility index (Phi) is 5.37. The predicted octanol–water partition coefficient (Wildman–Crippen LogP) is 1.81. The lowest BCUT2D eigenvalue weighted by Gasteiger charge is -2.47. The number of hydrogen-bond acceptors (Lipinski definition) is 5. The molecule has 0 aromatic heterocycles. The number of fused-ring (bicyclic) bond motifs is 1. The van der Waals surface area contributed by atoms with E-state index in [1.807, 2.05) is 12.1 Å². The van der Waals surface area contributed by atoms with Gasteiger partial charge in [-0.2, -0.15) is 0 Å². The molecule has 0 bridgehead atoms. The first kappa shape index (κ1) is 16.8. The van der Waals surface area contributed by atoms with Crippen LogP contribution >= 0.6 is 11.6 Å². The van der Waals surface area contributed by atoms with Crippen molar-refractivity contribution in [1.29, 1.82) is 0 Å². The number of ether oxygens (including phenoxy) is 1. The van der Waals surface area contributed by atoms with E-state index in [2.05, 4.69) is 33.6 Å². The summed E-state index contributed by atoms with van der Waals surface area (Å²) in [7, 11) is 0. The predicted molar refractivity (Wildman–Crippen MR) is 95.7 cm³/mol. The Balaban J connectivity index is 1.44. The SMILES string of the molecule is Clc1ccc(C2NNC(NCC3CCCO3)C3CCNCC23)cc1. The highest BCUT2D eigenvalue weighted by molar-refractivity contribution is 6.30. The third-order valence-electron chi connectivity index (χ3n) is 5.65. The van der Waals surface area contributed by atoms with E-state index in [1.54, 1.807) is 0 Å². The fourth-order valence-corrected chi connectivity index (χ4v) is 4.47. The van der Waals surface area contributed by atoms with E-state index in [-0.39, 0.29) is 0 Å². The van der Waals surface area contributed by atoms with Crippen LogP contribution in [0.1, 0.15) is 30.9 Å². The molecule has 0 saturated carbocycles. The molecule has 1 aromatic rings. The van der Waals surface area contributed by atoms with Gasteiger partial charge < -0.3 is 10.1 Å². The Labute approximate surface area is 148 Å². The van der Waals surface area contributed by atoms with Gasteiger partial charge in [-0.25, -0.2) is 10.9 Å². The molecule has 5 nitrogen and oxygen atoms in total. The molecule has 3 saturated heterocycles. The van der Waals surface area contributed by atoms with Crippen LogP contribution in [-0.2, 0) is 4.74 Å². The van der Waals surface area contributed by atoms with E-state index in [1.165, 1.54) is 24.8 Å². The molecule has 3 heterocycles. The van der Waals surface area contributed by atoms with Crippen molar-refractivity contribution in [2.24, 2.45) is 11.8 Å². The van der Waals surface area contributed by atoms with Crippen LogP contribution in [0.2, 0.25) is 5.02 Å². The second kappa shape index (κ2) is 7.68. The molecule has 4 N–H and O–H groups in total. The number of benzene rings is 1. The summed E-state index contributed by atoms with van der Waals surface area (Å²) in [5.41, 5.74) is 8.37. The molecule has 0 amide bonds. The number of hydrogen-bond donors (Lipinski definition) is 4. The van der Waals surface area contributed by atoms with Crippen molar-refractivity contribution >= 4 is 11.6 Å². The summed E-state index contributed by atoms with van der Waals surface area (Å²) < 4.78 is 5.75. The average molecular weight is 351 g/mol. The quantitative estimate of drug-likeness (QED) is 0.667. The van der Waals surface area contributed by atoms with Gasteiger partial charge in [-0.05, 0) is 55.3 Å². The molecule has 0 aliphatic carbocycles. The molecular weight excluding hydrogens is 324 g/mol. The normalized spacial score (nSPS) is 36.5. The van der Waals surface area contributed by atoms with Gasteiger partial charge in [0.05, 0.1) is 18.3 Å². The maximum Gasteiger partial charge on any atom is 0.0738 e. The maximum atomic E-state index is 6.04. The summed E-state index contributed by atoms with van der Waals surface area (Å²) in [6.45, 7) is 3.98. The van der Waals surface area contributed by atoms with E-state index in [4.69, 9.17) is 16.3 Å². The number of piperidine rings is 1.